The number of piperidine rings is 1. The van der Waals surface area contributed by atoms with Crippen molar-refractivity contribution in [3.63, 3.8) is 0 Å². The topological polar surface area (TPSA) is 58.4 Å². The number of rotatable bonds is 6. The molecule has 124 valence electrons. The van der Waals surface area contributed by atoms with Gasteiger partial charge in [-0.15, -0.1) is 12.4 Å². The largest absolute Gasteiger partial charge is 0.352 e. The minimum atomic E-state index is 0. The highest BCUT2D eigenvalue weighted by Gasteiger charge is 2.19. The first kappa shape index (κ1) is 18.9. The molecule has 0 unspecified atom stereocenters. The van der Waals surface area contributed by atoms with E-state index in [2.05, 4.69) is 17.1 Å². The highest BCUT2D eigenvalue weighted by molar-refractivity contribution is 5.94. The monoisotopic (exact) mass is 325 g/mol. The Bertz CT molecular complexity index is 442. The molecule has 0 bridgehead atoms. The number of hydrogen-bond donors (Lipinski definition) is 2. The van der Waals surface area contributed by atoms with Gasteiger partial charge in [-0.05, 0) is 62.5 Å². The van der Waals surface area contributed by atoms with Crippen LogP contribution in [0.3, 0.4) is 0 Å². The summed E-state index contributed by atoms with van der Waals surface area (Å²) in [6.45, 7) is 7.06. The number of nitrogens with zero attached hydrogens (tertiary/aromatic N) is 1. The van der Waals surface area contributed by atoms with Gasteiger partial charge in [-0.25, -0.2) is 0 Å². The Labute approximate surface area is 139 Å². The number of hydrogen-bond acceptors (Lipinski definition) is 3. The van der Waals surface area contributed by atoms with Crippen molar-refractivity contribution in [2.45, 2.75) is 32.7 Å². The van der Waals surface area contributed by atoms with Crippen LogP contribution >= 0.6 is 12.4 Å². The quantitative estimate of drug-likeness (QED) is 0.844. The van der Waals surface area contributed by atoms with Gasteiger partial charge in [-0.2, -0.15) is 0 Å². The molecule has 1 aromatic rings. The normalized spacial score (nSPS) is 16.1. The van der Waals surface area contributed by atoms with Gasteiger partial charge < -0.3 is 16.0 Å². The molecule has 0 spiro atoms. The molecule has 1 aliphatic rings. The number of amides is 1. The number of likely N-dealkylation sites (tertiary alicyclic amines) is 1. The Morgan fingerprint density at radius 1 is 1.27 bits per heavy atom. The molecule has 2 rings (SSSR count). The molecule has 4 nitrogen and oxygen atoms in total. The average Bonchev–Trinajstić information content (AvgIpc) is 2.54. The van der Waals surface area contributed by atoms with Crippen molar-refractivity contribution in [1.82, 2.24) is 10.2 Å². The van der Waals surface area contributed by atoms with Gasteiger partial charge in [0, 0.05) is 18.7 Å². The number of nitrogens with two attached hydrogens (primary N) is 1. The van der Waals surface area contributed by atoms with E-state index in [-0.39, 0.29) is 18.3 Å². The van der Waals surface area contributed by atoms with E-state index in [1.165, 1.54) is 38.9 Å². The molecule has 22 heavy (non-hydrogen) atoms. The summed E-state index contributed by atoms with van der Waals surface area (Å²) in [7, 11) is 0. The maximum absolute atomic E-state index is 12.1. The summed E-state index contributed by atoms with van der Waals surface area (Å²) in [4.78, 5) is 14.6. The SMILES string of the molecule is CCCN1CCC(CNC(=O)c2ccc(CN)cc2)CC1.Cl. The van der Waals surface area contributed by atoms with Crippen molar-refractivity contribution in [2.75, 3.05) is 26.2 Å². The fourth-order valence-electron chi connectivity index (χ4n) is 2.86. The van der Waals surface area contributed by atoms with Crippen LogP contribution in [0.1, 0.15) is 42.1 Å². The van der Waals surface area contributed by atoms with E-state index in [1.54, 1.807) is 0 Å². The first-order chi connectivity index (χ1) is 10.2. The lowest BCUT2D eigenvalue weighted by Crippen LogP contribution is -2.38. The molecule has 1 aromatic carbocycles. The lowest BCUT2D eigenvalue weighted by molar-refractivity contribution is 0.0936. The minimum absolute atomic E-state index is 0. The lowest BCUT2D eigenvalue weighted by Gasteiger charge is -2.31. The van der Waals surface area contributed by atoms with Crippen molar-refractivity contribution in [2.24, 2.45) is 11.7 Å². The van der Waals surface area contributed by atoms with E-state index >= 15 is 0 Å². The minimum Gasteiger partial charge on any atom is -0.352 e. The number of carbonyl (C=O) groups is 1. The summed E-state index contributed by atoms with van der Waals surface area (Å²) in [5.41, 5.74) is 7.33. The smallest absolute Gasteiger partial charge is 0.251 e. The van der Waals surface area contributed by atoms with E-state index in [9.17, 15) is 4.79 Å². The first-order valence-corrected chi connectivity index (χ1v) is 8.02. The van der Waals surface area contributed by atoms with Crippen LogP contribution < -0.4 is 11.1 Å². The molecule has 0 radical (unpaired) electrons. The second-order valence-corrected chi connectivity index (χ2v) is 5.90. The lowest BCUT2D eigenvalue weighted by atomic mass is 9.96. The molecular formula is C17H28ClN3O. The predicted molar refractivity (Wildman–Crippen MR) is 93.4 cm³/mol. The van der Waals surface area contributed by atoms with E-state index in [4.69, 9.17) is 5.73 Å². The van der Waals surface area contributed by atoms with Gasteiger partial charge in [0.1, 0.15) is 0 Å². The fourth-order valence-corrected chi connectivity index (χ4v) is 2.86. The standard InChI is InChI=1S/C17H27N3O.ClH/c1-2-9-20-10-7-15(8-11-20)13-19-17(21)16-5-3-14(12-18)4-6-16;/h3-6,15H,2,7-13,18H2,1H3,(H,19,21);1H. The summed E-state index contributed by atoms with van der Waals surface area (Å²) in [6, 6.07) is 7.53. The van der Waals surface area contributed by atoms with Crippen LogP contribution in [-0.2, 0) is 6.54 Å². The van der Waals surface area contributed by atoms with Crippen LogP contribution in [-0.4, -0.2) is 37.0 Å². The molecule has 0 atom stereocenters. The molecule has 1 saturated heterocycles. The van der Waals surface area contributed by atoms with Gasteiger partial charge in [-0.3, -0.25) is 4.79 Å². The zero-order valence-corrected chi connectivity index (χ0v) is 14.2. The first-order valence-electron chi connectivity index (χ1n) is 8.02. The number of halogens is 1. The second-order valence-electron chi connectivity index (χ2n) is 5.90. The van der Waals surface area contributed by atoms with Gasteiger partial charge in [0.2, 0.25) is 0 Å². The predicted octanol–water partition coefficient (Wildman–Crippen LogP) is 2.42. The summed E-state index contributed by atoms with van der Waals surface area (Å²) < 4.78 is 0. The summed E-state index contributed by atoms with van der Waals surface area (Å²) in [5, 5.41) is 3.06. The Hall–Kier alpha value is -1.10. The number of nitrogens with one attached hydrogen (secondary N) is 1. The van der Waals surface area contributed by atoms with Crippen molar-refractivity contribution in [1.29, 1.82) is 0 Å². The van der Waals surface area contributed by atoms with Crippen LogP contribution in [0.4, 0.5) is 0 Å². The van der Waals surface area contributed by atoms with Crippen LogP contribution in [0.5, 0.6) is 0 Å². The zero-order valence-electron chi connectivity index (χ0n) is 13.4. The Morgan fingerprint density at radius 3 is 2.45 bits per heavy atom. The van der Waals surface area contributed by atoms with Crippen LogP contribution in [0, 0.1) is 5.92 Å². The van der Waals surface area contributed by atoms with Crippen molar-refractivity contribution < 1.29 is 4.79 Å². The van der Waals surface area contributed by atoms with E-state index in [0.29, 0.717) is 12.5 Å². The van der Waals surface area contributed by atoms with Gasteiger partial charge in [0.05, 0.1) is 0 Å². The fraction of sp³-hybridized carbons (Fsp3) is 0.588. The molecular weight excluding hydrogens is 298 g/mol. The Balaban J connectivity index is 0.00000242. The third kappa shape index (κ3) is 5.59. The van der Waals surface area contributed by atoms with E-state index in [1.807, 2.05) is 24.3 Å². The number of benzene rings is 1. The second kappa shape index (κ2) is 9.82. The summed E-state index contributed by atoms with van der Waals surface area (Å²) in [6.07, 6.45) is 3.60. The number of carbonyl (C=O) groups excluding carboxylic acids is 1. The van der Waals surface area contributed by atoms with Crippen molar-refractivity contribution >= 4 is 18.3 Å². The molecule has 5 heteroatoms. The summed E-state index contributed by atoms with van der Waals surface area (Å²) >= 11 is 0. The third-order valence-electron chi connectivity index (χ3n) is 4.25. The van der Waals surface area contributed by atoms with Crippen LogP contribution in [0.15, 0.2) is 24.3 Å². The van der Waals surface area contributed by atoms with Gasteiger partial charge in [0.25, 0.3) is 5.91 Å². The Kier molecular flexibility index (Phi) is 8.46. The van der Waals surface area contributed by atoms with Crippen molar-refractivity contribution in [3.8, 4) is 0 Å². The molecule has 1 heterocycles. The van der Waals surface area contributed by atoms with E-state index < -0.39 is 0 Å². The molecule has 3 N–H and O–H groups in total. The maximum atomic E-state index is 12.1. The van der Waals surface area contributed by atoms with Gasteiger partial charge >= 0.3 is 0 Å². The molecule has 1 amide bonds. The van der Waals surface area contributed by atoms with Crippen molar-refractivity contribution in [3.05, 3.63) is 35.4 Å². The summed E-state index contributed by atoms with van der Waals surface area (Å²) in [5.74, 6) is 0.639. The Morgan fingerprint density at radius 2 is 1.91 bits per heavy atom. The molecule has 1 aliphatic heterocycles. The molecule has 1 fully saturated rings. The third-order valence-corrected chi connectivity index (χ3v) is 4.25. The van der Waals surface area contributed by atoms with Gasteiger partial charge in [-0.1, -0.05) is 19.1 Å². The molecule has 0 aliphatic carbocycles. The maximum Gasteiger partial charge on any atom is 0.251 e. The van der Waals surface area contributed by atoms with E-state index in [0.717, 1.165) is 17.7 Å². The van der Waals surface area contributed by atoms with Gasteiger partial charge in [0.15, 0.2) is 0 Å². The zero-order chi connectivity index (χ0) is 15.1. The van der Waals surface area contributed by atoms with Crippen LogP contribution in [0.25, 0.3) is 0 Å². The molecule has 0 aromatic heterocycles. The average molecular weight is 326 g/mol. The molecule has 0 saturated carbocycles. The highest BCUT2D eigenvalue weighted by atomic mass is 35.5. The highest BCUT2D eigenvalue weighted by Crippen LogP contribution is 2.16. The van der Waals surface area contributed by atoms with Crippen LogP contribution in [0.2, 0.25) is 0 Å².